The van der Waals surface area contributed by atoms with Gasteiger partial charge in [0.2, 0.25) is 12.7 Å². The van der Waals surface area contributed by atoms with Gasteiger partial charge in [-0.05, 0) is 24.3 Å². The number of carbonyl (C=O) groups excluding carboxylic acids is 1. The summed E-state index contributed by atoms with van der Waals surface area (Å²) in [6, 6.07) is 14.6. The lowest BCUT2D eigenvalue weighted by atomic mass is 10.1. The van der Waals surface area contributed by atoms with Gasteiger partial charge in [0.15, 0.2) is 11.5 Å². The molecular formula is C20H15N3O4S. The van der Waals surface area contributed by atoms with Crippen LogP contribution in [0.2, 0.25) is 0 Å². The number of nitrogens with one attached hydrogen (secondary N) is 1. The van der Waals surface area contributed by atoms with E-state index in [2.05, 4.69) is 16.4 Å². The van der Waals surface area contributed by atoms with Gasteiger partial charge in [0, 0.05) is 11.5 Å². The summed E-state index contributed by atoms with van der Waals surface area (Å²) in [7, 11) is 1.55. The molecule has 1 N–H and O–H groups in total. The minimum Gasteiger partial charge on any atom is -0.495 e. The third kappa shape index (κ3) is 3.52. The average Bonchev–Trinajstić information content (AvgIpc) is 3.17. The monoisotopic (exact) mass is 393 g/mol. The van der Waals surface area contributed by atoms with Crippen LogP contribution in [0.15, 0.2) is 47.5 Å². The lowest BCUT2D eigenvalue weighted by molar-refractivity contribution is -0.113. The predicted molar refractivity (Wildman–Crippen MR) is 105 cm³/mol. The number of para-hydroxylation sites is 2. The number of hydrogen-bond donors (Lipinski definition) is 1. The molecule has 2 aromatic carbocycles. The van der Waals surface area contributed by atoms with Crippen molar-refractivity contribution in [3.63, 3.8) is 0 Å². The largest absolute Gasteiger partial charge is 0.495 e. The average molecular weight is 393 g/mol. The van der Waals surface area contributed by atoms with Gasteiger partial charge in [0.1, 0.15) is 16.8 Å². The van der Waals surface area contributed by atoms with E-state index in [9.17, 15) is 10.1 Å². The molecule has 0 fully saturated rings. The second kappa shape index (κ2) is 7.66. The summed E-state index contributed by atoms with van der Waals surface area (Å²) in [5.41, 5.74) is 1.67. The maximum absolute atomic E-state index is 12.3. The maximum atomic E-state index is 12.3. The maximum Gasteiger partial charge on any atom is 0.234 e. The number of anilines is 1. The number of thioether (sulfide) groups is 1. The molecule has 1 aliphatic heterocycles. The SMILES string of the molecule is COc1ccccc1NC(=O)CSc1nc2cc3c(cc2cc1C#N)OCO3. The number of nitrogens with zero attached hydrogens (tertiary/aromatic N) is 2. The normalized spacial score (nSPS) is 11.9. The lowest BCUT2D eigenvalue weighted by Gasteiger charge is -2.10. The van der Waals surface area contributed by atoms with E-state index in [-0.39, 0.29) is 18.5 Å². The van der Waals surface area contributed by atoms with Crippen molar-refractivity contribution >= 4 is 34.3 Å². The molecule has 0 aliphatic carbocycles. The number of rotatable bonds is 5. The molecule has 3 aromatic rings. The smallest absolute Gasteiger partial charge is 0.234 e. The van der Waals surface area contributed by atoms with Gasteiger partial charge in [0.25, 0.3) is 0 Å². The van der Waals surface area contributed by atoms with Gasteiger partial charge in [-0.15, -0.1) is 0 Å². The first kappa shape index (κ1) is 17.9. The predicted octanol–water partition coefficient (Wildman–Crippen LogP) is 3.57. The molecule has 140 valence electrons. The van der Waals surface area contributed by atoms with E-state index < -0.39 is 0 Å². The minimum absolute atomic E-state index is 0.107. The van der Waals surface area contributed by atoms with Gasteiger partial charge in [-0.2, -0.15) is 5.26 Å². The molecule has 0 atom stereocenters. The highest BCUT2D eigenvalue weighted by molar-refractivity contribution is 8.00. The molecule has 0 radical (unpaired) electrons. The van der Waals surface area contributed by atoms with Crippen molar-refractivity contribution in [1.29, 1.82) is 5.26 Å². The lowest BCUT2D eigenvalue weighted by Crippen LogP contribution is -2.14. The van der Waals surface area contributed by atoms with Crippen LogP contribution in [0.25, 0.3) is 10.9 Å². The zero-order valence-corrected chi connectivity index (χ0v) is 15.7. The Kier molecular flexibility index (Phi) is 4.91. The molecule has 28 heavy (non-hydrogen) atoms. The number of methoxy groups -OCH3 is 1. The second-order valence-corrected chi connectivity index (χ2v) is 6.85. The van der Waals surface area contributed by atoms with Crippen molar-refractivity contribution in [2.75, 3.05) is 25.0 Å². The van der Waals surface area contributed by atoms with Crippen molar-refractivity contribution in [1.82, 2.24) is 4.98 Å². The van der Waals surface area contributed by atoms with Gasteiger partial charge >= 0.3 is 0 Å². The number of ether oxygens (including phenoxy) is 3. The van der Waals surface area contributed by atoms with Crippen molar-refractivity contribution in [3.05, 3.63) is 48.0 Å². The summed E-state index contributed by atoms with van der Waals surface area (Å²) >= 11 is 1.20. The zero-order valence-electron chi connectivity index (χ0n) is 14.9. The fourth-order valence-electron chi connectivity index (χ4n) is 2.80. The van der Waals surface area contributed by atoms with Crippen LogP contribution >= 0.6 is 11.8 Å². The minimum atomic E-state index is -0.217. The Morgan fingerprint density at radius 2 is 2.07 bits per heavy atom. The van der Waals surface area contributed by atoms with E-state index in [1.54, 1.807) is 37.4 Å². The quantitative estimate of drug-likeness (QED) is 0.662. The van der Waals surface area contributed by atoms with Crippen LogP contribution in [-0.2, 0) is 4.79 Å². The van der Waals surface area contributed by atoms with Crippen molar-refractivity contribution in [3.8, 4) is 23.3 Å². The van der Waals surface area contributed by atoms with Crippen LogP contribution < -0.4 is 19.5 Å². The van der Waals surface area contributed by atoms with Crippen LogP contribution in [0.5, 0.6) is 17.2 Å². The fraction of sp³-hybridized carbons (Fsp3) is 0.150. The summed E-state index contributed by atoms with van der Waals surface area (Å²) in [5.74, 6) is 1.73. The molecule has 4 rings (SSSR count). The Labute approximate surface area is 165 Å². The summed E-state index contributed by atoms with van der Waals surface area (Å²) in [6.07, 6.45) is 0. The first-order valence-corrected chi connectivity index (χ1v) is 9.36. The Hall–Kier alpha value is -3.44. The van der Waals surface area contributed by atoms with E-state index in [0.29, 0.717) is 39.0 Å². The molecule has 1 amide bonds. The molecule has 0 unspecified atom stereocenters. The molecule has 8 heteroatoms. The summed E-state index contributed by atoms with van der Waals surface area (Å²) in [6.45, 7) is 0.168. The summed E-state index contributed by atoms with van der Waals surface area (Å²) in [5, 5.41) is 13.5. The van der Waals surface area contributed by atoms with Crippen molar-refractivity contribution in [2.24, 2.45) is 0 Å². The third-order valence-corrected chi connectivity index (χ3v) is 5.11. The van der Waals surface area contributed by atoms with E-state index in [1.807, 2.05) is 12.1 Å². The van der Waals surface area contributed by atoms with Gasteiger partial charge in [-0.3, -0.25) is 4.79 Å². The highest BCUT2D eigenvalue weighted by Crippen LogP contribution is 2.37. The Morgan fingerprint density at radius 1 is 1.29 bits per heavy atom. The number of fused-ring (bicyclic) bond motifs is 2. The number of pyridine rings is 1. The number of amides is 1. The number of hydrogen-bond acceptors (Lipinski definition) is 7. The second-order valence-electron chi connectivity index (χ2n) is 5.89. The summed E-state index contributed by atoms with van der Waals surface area (Å²) in [4.78, 5) is 16.9. The van der Waals surface area contributed by atoms with Crippen LogP contribution in [0.1, 0.15) is 5.56 Å². The molecule has 7 nitrogen and oxygen atoms in total. The Balaban J connectivity index is 1.53. The van der Waals surface area contributed by atoms with Crippen LogP contribution in [0, 0.1) is 11.3 Å². The topological polar surface area (TPSA) is 93.5 Å². The standard InChI is InChI=1S/C20H15N3O4S/c1-25-16-5-3-2-4-14(16)22-19(24)10-28-20-13(9-21)6-12-7-17-18(27-11-26-17)8-15(12)23-20/h2-8H,10-11H2,1H3,(H,22,24). The molecule has 0 bridgehead atoms. The highest BCUT2D eigenvalue weighted by atomic mass is 32.2. The van der Waals surface area contributed by atoms with Crippen molar-refractivity contribution < 1.29 is 19.0 Å². The number of aromatic nitrogens is 1. The first-order valence-electron chi connectivity index (χ1n) is 8.38. The first-order chi connectivity index (χ1) is 13.7. The third-order valence-electron chi connectivity index (χ3n) is 4.12. The highest BCUT2D eigenvalue weighted by Gasteiger charge is 2.17. The van der Waals surface area contributed by atoms with E-state index in [0.717, 1.165) is 5.39 Å². The molecule has 1 aromatic heterocycles. The Morgan fingerprint density at radius 3 is 2.86 bits per heavy atom. The molecule has 1 aliphatic rings. The van der Waals surface area contributed by atoms with Crippen LogP contribution in [-0.4, -0.2) is 30.5 Å². The van der Waals surface area contributed by atoms with Gasteiger partial charge in [-0.25, -0.2) is 4.98 Å². The molecular weight excluding hydrogens is 378 g/mol. The summed E-state index contributed by atoms with van der Waals surface area (Å²) < 4.78 is 16.0. The molecule has 0 saturated carbocycles. The molecule has 0 saturated heterocycles. The fourth-order valence-corrected chi connectivity index (χ4v) is 3.57. The molecule has 2 heterocycles. The van der Waals surface area contributed by atoms with Crippen molar-refractivity contribution in [2.45, 2.75) is 5.03 Å². The van der Waals surface area contributed by atoms with E-state index in [4.69, 9.17) is 14.2 Å². The van der Waals surface area contributed by atoms with Gasteiger partial charge < -0.3 is 19.5 Å². The molecule has 0 spiro atoms. The zero-order chi connectivity index (χ0) is 19.5. The van der Waals surface area contributed by atoms with E-state index >= 15 is 0 Å². The number of benzene rings is 2. The van der Waals surface area contributed by atoms with E-state index in [1.165, 1.54) is 11.8 Å². The number of carbonyl (C=O) groups is 1. The van der Waals surface area contributed by atoms with Gasteiger partial charge in [0.05, 0.1) is 29.6 Å². The number of nitriles is 1. The Bertz CT molecular complexity index is 1110. The van der Waals surface area contributed by atoms with Crippen LogP contribution in [0.4, 0.5) is 5.69 Å². The van der Waals surface area contributed by atoms with Gasteiger partial charge in [-0.1, -0.05) is 23.9 Å². The van der Waals surface area contributed by atoms with Crippen LogP contribution in [0.3, 0.4) is 0 Å².